The van der Waals surface area contributed by atoms with Crippen LogP contribution in [0, 0.1) is 0 Å². The number of esters is 2. The molecule has 3 amide bonds. The fourth-order valence-electron chi connectivity index (χ4n) is 6.15. The van der Waals surface area contributed by atoms with Crippen LogP contribution in [-0.4, -0.2) is 53.3 Å². The Morgan fingerprint density at radius 3 is 1.59 bits per heavy atom. The van der Waals surface area contributed by atoms with Crippen LogP contribution < -0.4 is 19.7 Å². The second kappa shape index (κ2) is 14.5. The van der Waals surface area contributed by atoms with Crippen LogP contribution in [0.3, 0.4) is 0 Å². The molecule has 0 radical (unpaired) electrons. The second-order valence-electron chi connectivity index (χ2n) is 12.2. The number of ether oxygens (including phenoxy) is 2. The maximum absolute atomic E-state index is 14.8. The van der Waals surface area contributed by atoms with E-state index in [-0.39, 0.29) is 28.6 Å². The average molecular weight is 759 g/mol. The molecular formula is C38H29F3N4O8S. The maximum Gasteiger partial charge on any atom is 0.501 e. The molecule has 3 aromatic carbocycles. The number of halogens is 3. The predicted octanol–water partition coefficient (Wildman–Crippen LogP) is 6.61. The van der Waals surface area contributed by atoms with Crippen molar-refractivity contribution in [3.8, 4) is 11.5 Å². The van der Waals surface area contributed by atoms with Crippen molar-refractivity contribution in [3.63, 3.8) is 0 Å². The molecule has 276 valence electrons. The zero-order chi connectivity index (χ0) is 38.8. The number of carbonyl (C=O) groups is 4. The van der Waals surface area contributed by atoms with Gasteiger partial charge in [0.1, 0.15) is 28.4 Å². The van der Waals surface area contributed by atoms with Crippen LogP contribution in [-0.2, 0) is 14.6 Å². The number of para-hydroxylation sites is 2. The minimum absolute atomic E-state index is 0.115. The van der Waals surface area contributed by atoms with Crippen molar-refractivity contribution in [2.24, 2.45) is 0 Å². The third kappa shape index (κ3) is 7.02. The van der Waals surface area contributed by atoms with Crippen molar-refractivity contribution < 1.29 is 50.2 Å². The van der Waals surface area contributed by atoms with Gasteiger partial charge in [0.25, 0.3) is 15.7 Å². The molecule has 54 heavy (non-hydrogen) atoms. The maximum atomic E-state index is 14.8. The van der Waals surface area contributed by atoms with Gasteiger partial charge in [-0.25, -0.2) is 37.7 Å². The number of carbonyl (C=O) groups excluding carboxylic acids is 4. The first kappa shape index (κ1) is 37.3. The lowest BCUT2D eigenvalue weighted by atomic mass is 9.69. The Bertz CT molecular complexity index is 2240. The van der Waals surface area contributed by atoms with Crippen LogP contribution in [0.15, 0.2) is 126 Å². The largest absolute Gasteiger partial charge is 0.501 e. The van der Waals surface area contributed by atoms with E-state index in [1.54, 1.807) is 74.5 Å². The number of nitrogens with one attached hydrogen (secondary N) is 1. The van der Waals surface area contributed by atoms with Crippen molar-refractivity contribution in [3.05, 3.63) is 144 Å². The number of anilines is 1. The summed E-state index contributed by atoms with van der Waals surface area (Å²) in [5.41, 5.74) is -7.20. The number of urea groups is 1. The topological polar surface area (TPSA) is 162 Å². The molecule has 0 spiro atoms. The Hall–Kier alpha value is -6.42. The van der Waals surface area contributed by atoms with Gasteiger partial charge in [0.2, 0.25) is 0 Å². The number of benzene rings is 3. The minimum Gasteiger partial charge on any atom is -0.422 e. The van der Waals surface area contributed by atoms with Gasteiger partial charge in [-0.2, -0.15) is 13.2 Å². The lowest BCUT2D eigenvalue weighted by Gasteiger charge is -2.39. The summed E-state index contributed by atoms with van der Waals surface area (Å²) in [6, 6.07) is 24.5. The SMILES string of the molecule is CC(c1ccnc(C(=O)Oc2ccccc2)c1)C1(C(C)c2ccnc(C(=O)Oc3ccccc3)c2)NC(=O)N(c2ccc(S(=O)(=O)C(F)(F)F)cc2)C1=O. The molecule has 2 aromatic heterocycles. The van der Waals surface area contributed by atoms with E-state index in [9.17, 15) is 40.8 Å². The minimum atomic E-state index is -5.72. The lowest BCUT2D eigenvalue weighted by molar-refractivity contribution is -0.123. The summed E-state index contributed by atoms with van der Waals surface area (Å²) < 4.78 is 74.6. The van der Waals surface area contributed by atoms with E-state index < -0.39 is 61.5 Å². The lowest BCUT2D eigenvalue weighted by Crippen LogP contribution is -2.55. The highest BCUT2D eigenvalue weighted by Crippen LogP contribution is 2.45. The molecule has 6 rings (SSSR count). The number of rotatable bonds is 10. The van der Waals surface area contributed by atoms with E-state index in [1.165, 1.54) is 36.7 Å². The van der Waals surface area contributed by atoms with E-state index in [4.69, 9.17) is 9.47 Å². The fraction of sp³-hybridized carbons (Fsp3) is 0.158. The summed E-state index contributed by atoms with van der Waals surface area (Å²) in [7, 11) is -5.72. The number of hydrogen-bond donors (Lipinski definition) is 1. The summed E-state index contributed by atoms with van der Waals surface area (Å²) in [6.07, 6.45) is 2.66. The van der Waals surface area contributed by atoms with Gasteiger partial charge >= 0.3 is 23.5 Å². The molecule has 1 fully saturated rings. The Balaban J connectivity index is 1.40. The Kier molecular flexibility index (Phi) is 10.1. The van der Waals surface area contributed by atoms with Gasteiger partial charge < -0.3 is 14.8 Å². The highest BCUT2D eigenvalue weighted by atomic mass is 32.2. The molecule has 12 nitrogen and oxygen atoms in total. The molecule has 0 bridgehead atoms. The Morgan fingerprint density at radius 1 is 0.722 bits per heavy atom. The quantitative estimate of drug-likeness (QED) is 0.0932. The van der Waals surface area contributed by atoms with E-state index in [1.807, 2.05) is 0 Å². The van der Waals surface area contributed by atoms with Crippen molar-refractivity contribution >= 4 is 39.4 Å². The Morgan fingerprint density at radius 2 is 1.17 bits per heavy atom. The van der Waals surface area contributed by atoms with Crippen molar-refractivity contribution in [2.75, 3.05) is 4.90 Å². The molecule has 0 saturated carbocycles. The molecule has 1 N–H and O–H groups in total. The number of sulfone groups is 1. The van der Waals surface area contributed by atoms with Gasteiger partial charge in [0.05, 0.1) is 10.6 Å². The number of pyridine rings is 2. The van der Waals surface area contributed by atoms with Crippen LogP contribution in [0.2, 0.25) is 0 Å². The number of aromatic nitrogens is 2. The summed E-state index contributed by atoms with van der Waals surface area (Å²) in [6.45, 7) is 3.23. The van der Waals surface area contributed by atoms with Crippen molar-refractivity contribution in [1.29, 1.82) is 0 Å². The van der Waals surface area contributed by atoms with Crippen LogP contribution in [0.1, 0.15) is 57.8 Å². The summed E-state index contributed by atoms with van der Waals surface area (Å²) in [5.74, 6) is -3.87. The number of hydrogen-bond acceptors (Lipinski definition) is 10. The summed E-state index contributed by atoms with van der Waals surface area (Å²) in [4.78, 5) is 62.6. The number of amides is 3. The first-order valence-corrected chi connectivity index (χ1v) is 17.7. The van der Waals surface area contributed by atoms with Crippen molar-refractivity contribution in [2.45, 2.75) is 41.6 Å². The van der Waals surface area contributed by atoms with Crippen LogP contribution in [0.5, 0.6) is 11.5 Å². The normalized spacial score (nSPS) is 17.0. The number of nitrogens with zero attached hydrogens (tertiary/aromatic N) is 3. The molecule has 1 saturated heterocycles. The highest BCUT2D eigenvalue weighted by Gasteiger charge is 2.59. The first-order valence-electron chi connectivity index (χ1n) is 16.2. The van der Waals surface area contributed by atoms with Gasteiger partial charge in [-0.15, -0.1) is 0 Å². The highest BCUT2D eigenvalue weighted by molar-refractivity contribution is 7.92. The molecule has 2 atom stereocenters. The van der Waals surface area contributed by atoms with Gasteiger partial charge in [-0.1, -0.05) is 50.2 Å². The fourth-order valence-corrected chi connectivity index (χ4v) is 6.91. The van der Waals surface area contributed by atoms with Crippen LogP contribution >= 0.6 is 0 Å². The molecule has 3 heterocycles. The van der Waals surface area contributed by atoms with Crippen molar-refractivity contribution in [1.82, 2.24) is 15.3 Å². The molecule has 1 aliphatic rings. The number of alkyl halides is 3. The molecule has 2 unspecified atom stereocenters. The van der Waals surface area contributed by atoms with E-state index in [0.29, 0.717) is 28.2 Å². The molecule has 5 aromatic rings. The van der Waals surface area contributed by atoms with E-state index in [2.05, 4.69) is 15.3 Å². The molecular weight excluding hydrogens is 729 g/mol. The van der Waals surface area contributed by atoms with Gasteiger partial charge in [-0.3, -0.25) is 4.79 Å². The smallest absolute Gasteiger partial charge is 0.422 e. The van der Waals surface area contributed by atoms with E-state index >= 15 is 0 Å². The third-order valence-corrected chi connectivity index (χ3v) is 10.5. The standard InChI is InChI=1S/C38H29F3N4O8S/c1-23(25-17-19-42-31(21-25)33(46)52-28-9-5-3-6-10-28)37(24(2)26-18-20-43-32(22-26)34(47)53-29-11-7-4-8-12-29)35(48)45(36(49)44-37)27-13-15-30(16-14-27)54(50,51)38(39,40)41/h3-24H,1-2H3,(H,44,49). The van der Waals surface area contributed by atoms with Crippen LogP contribution in [0.25, 0.3) is 0 Å². The average Bonchev–Trinajstić information content (AvgIpc) is 3.44. The molecule has 0 aliphatic carbocycles. The summed E-state index contributed by atoms with van der Waals surface area (Å²) in [5, 5.41) is 2.77. The predicted molar refractivity (Wildman–Crippen MR) is 187 cm³/mol. The van der Waals surface area contributed by atoms with Gasteiger partial charge in [-0.05, 0) is 83.9 Å². The van der Waals surface area contributed by atoms with E-state index in [0.717, 1.165) is 12.1 Å². The van der Waals surface area contributed by atoms with Gasteiger partial charge in [0, 0.05) is 24.2 Å². The summed E-state index contributed by atoms with van der Waals surface area (Å²) >= 11 is 0. The molecule has 16 heteroatoms. The third-order valence-electron chi connectivity index (χ3n) is 9.04. The van der Waals surface area contributed by atoms with Crippen LogP contribution in [0.4, 0.5) is 23.7 Å². The zero-order valence-electron chi connectivity index (χ0n) is 28.4. The Labute approximate surface area is 306 Å². The molecule has 1 aliphatic heterocycles. The number of imide groups is 1. The first-order chi connectivity index (χ1) is 25.6. The van der Waals surface area contributed by atoms with Gasteiger partial charge in [0.15, 0.2) is 0 Å². The monoisotopic (exact) mass is 758 g/mol. The second-order valence-corrected chi connectivity index (χ2v) is 14.1. The zero-order valence-corrected chi connectivity index (χ0v) is 29.2.